The third-order valence-electron chi connectivity index (χ3n) is 5.37. The maximum Gasteiger partial charge on any atom is 0.304 e. The molecule has 0 aliphatic rings. The number of amides is 2. The summed E-state index contributed by atoms with van der Waals surface area (Å²) in [4.78, 5) is 27.7. The third-order valence-corrected chi connectivity index (χ3v) is 7.43. The van der Waals surface area contributed by atoms with Gasteiger partial charge in [0.2, 0.25) is 11.8 Å². The van der Waals surface area contributed by atoms with Gasteiger partial charge in [0, 0.05) is 32.2 Å². The average Bonchev–Trinajstić information content (AvgIpc) is 2.81. The van der Waals surface area contributed by atoms with Crippen molar-refractivity contribution in [2.45, 2.75) is 39.3 Å². The lowest BCUT2D eigenvalue weighted by Gasteiger charge is -2.32. The number of carbonyl (C=O) groups excluding carboxylic acids is 2. The van der Waals surface area contributed by atoms with Crippen LogP contribution >= 0.6 is 11.6 Å². The highest BCUT2D eigenvalue weighted by Gasteiger charge is 2.32. The number of carbonyl (C=O) groups is 2. The first-order valence-electron chi connectivity index (χ1n) is 11.2. The van der Waals surface area contributed by atoms with Crippen molar-refractivity contribution in [2.24, 2.45) is 0 Å². The van der Waals surface area contributed by atoms with Crippen molar-refractivity contribution in [3.05, 3.63) is 64.9 Å². The molecule has 0 aromatic heterocycles. The standard InChI is InChI=1S/C24H32ClFN4O4S/c1-5-6-14-27-24(32)18(2)29(16-19-8-7-9-20(25)15-19)23(31)17-30(35(33,34)28(3)4)22-12-10-21(26)11-13-22/h7-13,15,18H,5-6,14,16-17H2,1-4H3,(H,27,32). The minimum absolute atomic E-state index is 0.0427. The smallest absolute Gasteiger partial charge is 0.304 e. The van der Waals surface area contributed by atoms with Crippen LogP contribution in [-0.2, 0) is 26.3 Å². The Morgan fingerprint density at radius 2 is 1.77 bits per heavy atom. The molecule has 2 aromatic rings. The van der Waals surface area contributed by atoms with E-state index in [1.54, 1.807) is 31.2 Å². The number of hydrogen-bond acceptors (Lipinski definition) is 4. The van der Waals surface area contributed by atoms with Gasteiger partial charge in [-0.1, -0.05) is 37.1 Å². The molecule has 0 spiro atoms. The Labute approximate surface area is 211 Å². The summed E-state index contributed by atoms with van der Waals surface area (Å²) >= 11 is 6.10. The summed E-state index contributed by atoms with van der Waals surface area (Å²) in [6.45, 7) is 3.52. The third kappa shape index (κ3) is 7.91. The van der Waals surface area contributed by atoms with Crippen LogP contribution in [0.15, 0.2) is 48.5 Å². The molecular formula is C24H32ClFN4O4S. The first-order chi connectivity index (χ1) is 16.5. The number of hydrogen-bond donors (Lipinski definition) is 1. The fourth-order valence-corrected chi connectivity index (χ4v) is 4.54. The molecule has 1 unspecified atom stereocenters. The Morgan fingerprint density at radius 3 is 2.34 bits per heavy atom. The van der Waals surface area contributed by atoms with Gasteiger partial charge in [-0.25, -0.2) is 8.70 Å². The van der Waals surface area contributed by atoms with E-state index in [9.17, 15) is 22.4 Å². The van der Waals surface area contributed by atoms with Gasteiger partial charge in [-0.2, -0.15) is 12.7 Å². The van der Waals surface area contributed by atoms with Crippen molar-refractivity contribution in [2.75, 3.05) is 31.5 Å². The summed E-state index contributed by atoms with van der Waals surface area (Å²) in [6, 6.07) is 10.8. The molecule has 0 saturated heterocycles. The molecule has 0 bridgehead atoms. The first-order valence-corrected chi connectivity index (χ1v) is 13.0. The van der Waals surface area contributed by atoms with E-state index in [4.69, 9.17) is 11.6 Å². The lowest BCUT2D eigenvalue weighted by molar-refractivity contribution is -0.139. The van der Waals surface area contributed by atoms with Crippen LogP contribution in [0.5, 0.6) is 0 Å². The number of unbranched alkanes of at least 4 members (excludes halogenated alkanes) is 1. The van der Waals surface area contributed by atoms with Crippen molar-refractivity contribution in [1.82, 2.24) is 14.5 Å². The largest absolute Gasteiger partial charge is 0.354 e. The van der Waals surface area contributed by atoms with E-state index in [1.165, 1.54) is 31.1 Å². The number of halogens is 2. The number of nitrogens with zero attached hydrogens (tertiary/aromatic N) is 3. The van der Waals surface area contributed by atoms with E-state index in [2.05, 4.69) is 5.32 Å². The highest BCUT2D eigenvalue weighted by molar-refractivity contribution is 7.90. The molecule has 2 rings (SSSR count). The molecule has 8 nitrogen and oxygen atoms in total. The highest BCUT2D eigenvalue weighted by Crippen LogP contribution is 2.21. The summed E-state index contributed by atoms with van der Waals surface area (Å²) in [6.07, 6.45) is 1.69. The Bertz CT molecular complexity index is 1110. The average molecular weight is 527 g/mol. The molecule has 0 saturated carbocycles. The maximum absolute atomic E-state index is 13.5. The molecule has 2 aromatic carbocycles. The van der Waals surface area contributed by atoms with Crippen LogP contribution in [0.25, 0.3) is 0 Å². The zero-order chi connectivity index (χ0) is 26.2. The topological polar surface area (TPSA) is 90.0 Å². The summed E-state index contributed by atoms with van der Waals surface area (Å²) in [5.74, 6) is -1.49. The summed E-state index contributed by atoms with van der Waals surface area (Å²) in [7, 11) is -1.43. The summed E-state index contributed by atoms with van der Waals surface area (Å²) < 4.78 is 41.4. The van der Waals surface area contributed by atoms with Crippen LogP contribution in [0, 0.1) is 5.82 Å². The Kier molecular flexibility index (Phi) is 10.5. The number of nitrogens with one attached hydrogen (secondary N) is 1. The van der Waals surface area contributed by atoms with Crippen LogP contribution in [-0.4, -0.2) is 62.7 Å². The zero-order valence-electron chi connectivity index (χ0n) is 20.4. The predicted molar refractivity (Wildman–Crippen MR) is 136 cm³/mol. The van der Waals surface area contributed by atoms with Crippen LogP contribution < -0.4 is 9.62 Å². The quantitative estimate of drug-likeness (QED) is 0.429. The van der Waals surface area contributed by atoms with Crippen LogP contribution in [0.4, 0.5) is 10.1 Å². The van der Waals surface area contributed by atoms with Crippen molar-refractivity contribution < 1.29 is 22.4 Å². The van der Waals surface area contributed by atoms with Gasteiger partial charge >= 0.3 is 10.2 Å². The molecule has 0 heterocycles. The van der Waals surface area contributed by atoms with Gasteiger partial charge in [-0.3, -0.25) is 9.59 Å². The predicted octanol–water partition coefficient (Wildman–Crippen LogP) is 3.43. The van der Waals surface area contributed by atoms with E-state index < -0.39 is 34.5 Å². The van der Waals surface area contributed by atoms with Gasteiger partial charge in [-0.15, -0.1) is 0 Å². The van der Waals surface area contributed by atoms with Crippen molar-refractivity contribution in [1.29, 1.82) is 0 Å². The molecule has 1 atom stereocenters. The molecule has 0 radical (unpaired) electrons. The van der Waals surface area contributed by atoms with Gasteiger partial charge < -0.3 is 10.2 Å². The number of benzene rings is 2. The van der Waals surface area contributed by atoms with E-state index in [1.807, 2.05) is 6.92 Å². The molecular weight excluding hydrogens is 495 g/mol. The van der Waals surface area contributed by atoms with Gasteiger partial charge in [0.1, 0.15) is 18.4 Å². The molecule has 11 heteroatoms. The second-order valence-electron chi connectivity index (χ2n) is 8.25. The lowest BCUT2D eigenvalue weighted by atomic mass is 10.1. The molecule has 0 aliphatic heterocycles. The highest BCUT2D eigenvalue weighted by atomic mass is 35.5. The second-order valence-corrected chi connectivity index (χ2v) is 10.7. The second kappa shape index (κ2) is 12.9. The van der Waals surface area contributed by atoms with Crippen LogP contribution in [0.2, 0.25) is 5.02 Å². The van der Waals surface area contributed by atoms with Gasteiger partial charge in [0.25, 0.3) is 0 Å². The lowest BCUT2D eigenvalue weighted by Crippen LogP contribution is -2.52. The Hall–Kier alpha value is -2.69. The monoisotopic (exact) mass is 526 g/mol. The molecule has 35 heavy (non-hydrogen) atoms. The van der Waals surface area contributed by atoms with Gasteiger partial charge in [0.05, 0.1) is 5.69 Å². The molecule has 192 valence electrons. The number of anilines is 1. The van der Waals surface area contributed by atoms with Crippen molar-refractivity contribution in [3.63, 3.8) is 0 Å². The SMILES string of the molecule is CCCCNC(=O)C(C)N(Cc1cccc(Cl)c1)C(=O)CN(c1ccc(F)cc1)S(=O)(=O)N(C)C. The molecule has 1 N–H and O–H groups in total. The van der Waals surface area contributed by atoms with Crippen LogP contribution in [0.1, 0.15) is 32.3 Å². The minimum Gasteiger partial charge on any atom is -0.354 e. The fraction of sp³-hybridized carbons (Fsp3) is 0.417. The van der Waals surface area contributed by atoms with E-state index in [-0.39, 0.29) is 18.1 Å². The Morgan fingerprint density at radius 1 is 1.11 bits per heavy atom. The zero-order valence-corrected chi connectivity index (χ0v) is 21.9. The van der Waals surface area contributed by atoms with Gasteiger partial charge in [-0.05, 0) is 55.3 Å². The number of rotatable bonds is 12. The minimum atomic E-state index is -4.10. The summed E-state index contributed by atoms with van der Waals surface area (Å²) in [5, 5.41) is 3.29. The summed E-state index contributed by atoms with van der Waals surface area (Å²) in [5.41, 5.74) is 0.805. The van der Waals surface area contributed by atoms with E-state index in [0.717, 1.165) is 33.6 Å². The van der Waals surface area contributed by atoms with Gasteiger partial charge in [0.15, 0.2) is 0 Å². The van der Waals surface area contributed by atoms with E-state index >= 15 is 0 Å². The van der Waals surface area contributed by atoms with Crippen molar-refractivity contribution >= 4 is 39.3 Å². The van der Waals surface area contributed by atoms with Crippen molar-refractivity contribution in [3.8, 4) is 0 Å². The molecule has 2 amide bonds. The normalized spacial score (nSPS) is 12.3. The molecule has 0 aliphatic carbocycles. The maximum atomic E-state index is 13.5. The first kappa shape index (κ1) is 28.5. The fourth-order valence-electron chi connectivity index (χ4n) is 3.27. The van der Waals surface area contributed by atoms with E-state index in [0.29, 0.717) is 17.1 Å². The molecule has 0 fully saturated rings. The van der Waals surface area contributed by atoms with Crippen LogP contribution in [0.3, 0.4) is 0 Å². The Balaban J connectivity index is 2.40.